The third kappa shape index (κ3) is 7.15. The number of anilines is 1. The van der Waals surface area contributed by atoms with Crippen LogP contribution < -0.4 is 10.1 Å². The fourth-order valence-corrected chi connectivity index (χ4v) is 3.73. The number of fused-ring (bicyclic) bond motifs is 1. The summed E-state index contributed by atoms with van der Waals surface area (Å²) < 4.78 is 21.6. The molecule has 0 aromatic heterocycles. The molecule has 0 aliphatic carbocycles. The summed E-state index contributed by atoms with van der Waals surface area (Å²) in [5.74, 6) is -0.427. The molecule has 1 heterocycles. The average molecular weight is 466 g/mol. The van der Waals surface area contributed by atoms with Crippen LogP contribution in [0.5, 0.6) is 5.75 Å². The first-order valence-corrected chi connectivity index (χ1v) is 10.8. The molecule has 0 spiro atoms. The normalized spacial score (nSPS) is 22.0. The summed E-state index contributed by atoms with van der Waals surface area (Å²) in [6.45, 7) is 4.65. The lowest BCUT2D eigenvalue weighted by Crippen LogP contribution is -2.49. The lowest BCUT2D eigenvalue weighted by molar-refractivity contribution is -0.139. The second-order valence-corrected chi connectivity index (χ2v) is 8.27. The maximum atomic E-state index is 13.2. The highest BCUT2D eigenvalue weighted by Crippen LogP contribution is 2.27. The minimum absolute atomic E-state index is 0.0363. The van der Waals surface area contributed by atoms with Gasteiger partial charge in [-0.3, -0.25) is 14.4 Å². The Morgan fingerprint density at radius 3 is 2.45 bits per heavy atom. The van der Waals surface area contributed by atoms with Crippen LogP contribution in [0.15, 0.2) is 18.2 Å². The zero-order valence-corrected chi connectivity index (χ0v) is 20.3. The number of hydrogen-bond acceptors (Lipinski definition) is 7. The van der Waals surface area contributed by atoms with Crippen LogP contribution in [0.1, 0.15) is 24.2 Å². The second kappa shape index (κ2) is 12.5. The van der Waals surface area contributed by atoms with Crippen molar-refractivity contribution in [1.82, 2.24) is 9.80 Å². The number of likely N-dealkylation sites (N-methyl/N-ethyl adjacent to an activating group) is 1. The number of carbonyl (C=O) groups is 3. The first-order valence-electron chi connectivity index (χ1n) is 10.8. The monoisotopic (exact) mass is 465 g/mol. The van der Waals surface area contributed by atoms with Gasteiger partial charge < -0.3 is 34.1 Å². The smallest absolute Gasteiger partial charge is 0.257 e. The molecule has 0 unspecified atom stereocenters. The zero-order chi connectivity index (χ0) is 24.5. The zero-order valence-electron chi connectivity index (χ0n) is 20.3. The van der Waals surface area contributed by atoms with E-state index in [1.165, 1.54) is 14.2 Å². The Morgan fingerprint density at radius 2 is 1.82 bits per heavy atom. The minimum Gasteiger partial charge on any atom is -0.491 e. The van der Waals surface area contributed by atoms with Gasteiger partial charge in [-0.25, -0.2) is 0 Å². The second-order valence-electron chi connectivity index (χ2n) is 8.27. The summed E-state index contributed by atoms with van der Waals surface area (Å²) in [7, 11) is 6.21. The maximum absolute atomic E-state index is 13.2. The summed E-state index contributed by atoms with van der Waals surface area (Å²) >= 11 is 0. The molecular weight excluding hydrogens is 430 g/mol. The number of nitrogens with zero attached hydrogens (tertiary/aromatic N) is 2. The van der Waals surface area contributed by atoms with Crippen LogP contribution in [0.4, 0.5) is 5.69 Å². The Hall–Kier alpha value is -2.69. The topological polar surface area (TPSA) is 107 Å². The summed E-state index contributed by atoms with van der Waals surface area (Å²) in [6, 6.07) is 4.57. The van der Waals surface area contributed by atoms with Crippen molar-refractivity contribution in [3.8, 4) is 5.75 Å². The van der Waals surface area contributed by atoms with E-state index in [0.717, 1.165) is 0 Å². The highest BCUT2D eigenvalue weighted by Gasteiger charge is 2.30. The lowest BCUT2D eigenvalue weighted by atomic mass is 10.0. The fraction of sp³-hybridized carbons (Fsp3) is 0.609. The molecule has 10 heteroatoms. The van der Waals surface area contributed by atoms with Crippen LogP contribution in [-0.4, -0.2) is 101 Å². The lowest BCUT2D eigenvalue weighted by Gasteiger charge is -2.36. The molecule has 1 aliphatic rings. The molecule has 1 aromatic rings. The Balaban J connectivity index is 2.42. The standard InChI is InChI=1S/C23H35N3O7/c1-15-10-26(22(28)14-31-5)16(2)12-33-19-9-17(24-21(27)13-30-4)7-8-18(19)23(29)25(3)11-20(15)32-6/h7-9,15-16,20H,10-14H2,1-6H3,(H,24,27)/t15-,16-,20-/m0/s1. The molecule has 0 saturated carbocycles. The molecule has 2 rings (SSSR count). The number of benzene rings is 1. The average Bonchev–Trinajstić information content (AvgIpc) is 2.78. The number of hydrogen-bond donors (Lipinski definition) is 1. The van der Waals surface area contributed by atoms with Gasteiger partial charge >= 0.3 is 0 Å². The summed E-state index contributed by atoms with van der Waals surface area (Å²) in [5, 5.41) is 2.71. The van der Waals surface area contributed by atoms with Crippen molar-refractivity contribution in [3.05, 3.63) is 23.8 Å². The van der Waals surface area contributed by atoms with Gasteiger partial charge in [0.15, 0.2) is 0 Å². The molecule has 0 saturated heterocycles. The van der Waals surface area contributed by atoms with Crippen LogP contribution in [0.25, 0.3) is 0 Å². The largest absolute Gasteiger partial charge is 0.491 e. The van der Waals surface area contributed by atoms with E-state index in [0.29, 0.717) is 30.1 Å². The van der Waals surface area contributed by atoms with Gasteiger partial charge in [-0.15, -0.1) is 0 Å². The minimum atomic E-state index is -0.323. The van der Waals surface area contributed by atoms with Gasteiger partial charge in [-0.1, -0.05) is 6.92 Å². The molecule has 0 bridgehead atoms. The summed E-state index contributed by atoms with van der Waals surface area (Å²) in [6.07, 6.45) is -0.277. The molecule has 1 aromatic carbocycles. The molecular formula is C23H35N3O7. The van der Waals surface area contributed by atoms with E-state index in [1.807, 2.05) is 13.8 Å². The number of rotatable bonds is 6. The van der Waals surface area contributed by atoms with Crippen molar-refractivity contribution in [2.75, 3.05) is 66.6 Å². The molecule has 184 valence electrons. The van der Waals surface area contributed by atoms with Crippen molar-refractivity contribution in [2.45, 2.75) is 26.0 Å². The third-order valence-electron chi connectivity index (χ3n) is 5.59. The highest BCUT2D eigenvalue weighted by atomic mass is 16.5. The summed E-state index contributed by atoms with van der Waals surface area (Å²) in [5.41, 5.74) is 0.828. The summed E-state index contributed by atoms with van der Waals surface area (Å²) in [4.78, 5) is 41.1. The third-order valence-corrected chi connectivity index (χ3v) is 5.59. The number of methoxy groups -OCH3 is 3. The molecule has 1 N–H and O–H groups in total. The highest BCUT2D eigenvalue weighted by molar-refractivity contribution is 5.98. The Bertz CT molecular complexity index is 832. The van der Waals surface area contributed by atoms with Gasteiger partial charge in [-0.05, 0) is 19.1 Å². The van der Waals surface area contributed by atoms with Crippen LogP contribution in [0.2, 0.25) is 0 Å². The van der Waals surface area contributed by atoms with Crippen molar-refractivity contribution in [1.29, 1.82) is 0 Å². The maximum Gasteiger partial charge on any atom is 0.257 e. The molecule has 3 atom stereocenters. The quantitative estimate of drug-likeness (QED) is 0.674. The van der Waals surface area contributed by atoms with E-state index in [9.17, 15) is 14.4 Å². The van der Waals surface area contributed by atoms with Crippen molar-refractivity contribution < 1.29 is 33.3 Å². The van der Waals surface area contributed by atoms with Gasteiger partial charge in [-0.2, -0.15) is 0 Å². The molecule has 3 amide bonds. The molecule has 0 fully saturated rings. The van der Waals surface area contributed by atoms with E-state index >= 15 is 0 Å². The number of carbonyl (C=O) groups excluding carboxylic acids is 3. The van der Waals surface area contributed by atoms with Crippen molar-refractivity contribution in [2.24, 2.45) is 5.92 Å². The van der Waals surface area contributed by atoms with Crippen molar-refractivity contribution >= 4 is 23.4 Å². The fourth-order valence-electron chi connectivity index (χ4n) is 3.73. The number of amides is 3. The van der Waals surface area contributed by atoms with Crippen LogP contribution in [0, 0.1) is 5.92 Å². The van der Waals surface area contributed by atoms with Gasteiger partial charge in [0.25, 0.3) is 5.91 Å². The van der Waals surface area contributed by atoms with Crippen LogP contribution >= 0.6 is 0 Å². The first-order chi connectivity index (χ1) is 15.7. The van der Waals surface area contributed by atoms with Gasteiger partial charge in [0, 0.05) is 59.1 Å². The van der Waals surface area contributed by atoms with Crippen LogP contribution in [-0.2, 0) is 23.8 Å². The van der Waals surface area contributed by atoms with E-state index in [4.69, 9.17) is 18.9 Å². The SMILES string of the molecule is COCC(=O)Nc1ccc2c(c1)OC[C@H](C)N(C(=O)COC)C[C@H](C)[C@@H](OC)CN(C)C2=O. The van der Waals surface area contributed by atoms with Gasteiger partial charge in [0.2, 0.25) is 11.8 Å². The Morgan fingerprint density at radius 1 is 1.12 bits per heavy atom. The van der Waals surface area contributed by atoms with Gasteiger partial charge in [0.1, 0.15) is 25.6 Å². The number of nitrogens with one attached hydrogen (secondary N) is 1. The molecule has 33 heavy (non-hydrogen) atoms. The Kier molecular flexibility index (Phi) is 10.1. The molecule has 10 nitrogen and oxygen atoms in total. The first kappa shape index (κ1) is 26.6. The van der Waals surface area contributed by atoms with E-state index < -0.39 is 0 Å². The van der Waals surface area contributed by atoms with Gasteiger partial charge in [0.05, 0.1) is 17.7 Å². The number of ether oxygens (including phenoxy) is 4. The van der Waals surface area contributed by atoms with E-state index in [2.05, 4.69) is 5.32 Å². The van der Waals surface area contributed by atoms with Crippen LogP contribution in [0.3, 0.4) is 0 Å². The molecule has 0 radical (unpaired) electrons. The Labute approximate surface area is 195 Å². The molecule has 1 aliphatic heterocycles. The van der Waals surface area contributed by atoms with E-state index in [1.54, 1.807) is 42.2 Å². The van der Waals surface area contributed by atoms with Crippen molar-refractivity contribution in [3.63, 3.8) is 0 Å². The van der Waals surface area contributed by atoms with E-state index in [-0.39, 0.29) is 55.6 Å². The predicted molar refractivity (Wildman–Crippen MR) is 122 cm³/mol. The predicted octanol–water partition coefficient (Wildman–Crippen LogP) is 1.25.